The maximum Gasteiger partial charge on any atom is 0.310 e. The summed E-state index contributed by atoms with van der Waals surface area (Å²) in [5.74, 6) is 1.46. The van der Waals surface area contributed by atoms with Crippen LogP contribution in [0.4, 0.5) is 0 Å². The molecule has 0 spiro atoms. The molecular formula is C19H27N5O2. The summed E-state index contributed by atoms with van der Waals surface area (Å²) in [4.78, 5) is 26.5. The fraction of sp³-hybridized carbons (Fsp3) is 0.526. The van der Waals surface area contributed by atoms with Crippen LogP contribution in [0.2, 0.25) is 0 Å². The fourth-order valence-corrected chi connectivity index (χ4v) is 3.38. The second-order valence-electron chi connectivity index (χ2n) is 6.64. The monoisotopic (exact) mass is 357 g/mol. The van der Waals surface area contributed by atoms with E-state index in [1.54, 1.807) is 7.05 Å². The third-order valence-electron chi connectivity index (χ3n) is 4.65. The average Bonchev–Trinajstić information content (AvgIpc) is 3.04. The lowest BCUT2D eigenvalue weighted by atomic mass is 9.98. The number of nitrogens with zero attached hydrogens (tertiary/aromatic N) is 3. The molecule has 0 amide bonds. The molecule has 140 valence electrons. The molecule has 1 saturated heterocycles. The maximum atomic E-state index is 12.0. The molecule has 1 atom stereocenters. The van der Waals surface area contributed by atoms with Crippen LogP contribution in [-0.2, 0) is 16.1 Å². The first-order chi connectivity index (χ1) is 12.6. The van der Waals surface area contributed by atoms with Gasteiger partial charge in [-0.3, -0.25) is 9.79 Å². The topological polar surface area (TPSA) is 82.6 Å². The first-order valence-corrected chi connectivity index (χ1v) is 9.18. The van der Waals surface area contributed by atoms with E-state index in [0.717, 1.165) is 42.2 Å². The van der Waals surface area contributed by atoms with Crippen LogP contribution >= 0.6 is 0 Å². The summed E-state index contributed by atoms with van der Waals surface area (Å²) >= 11 is 0. The Morgan fingerprint density at radius 3 is 3.12 bits per heavy atom. The lowest BCUT2D eigenvalue weighted by Gasteiger charge is -2.33. The van der Waals surface area contributed by atoms with Crippen LogP contribution in [0, 0.1) is 12.8 Å². The van der Waals surface area contributed by atoms with E-state index in [4.69, 9.17) is 4.74 Å². The van der Waals surface area contributed by atoms with E-state index in [9.17, 15) is 4.79 Å². The van der Waals surface area contributed by atoms with Crippen molar-refractivity contribution in [1.29, 1.82) is 0 Å². The summed E-state index contributed by atoms with van der Waals surface area (Å²) in [6.45, 7) is 6.41. The average molecular weight is 357 g/mol. The number of aliphatic imine (C=N–C) groups is 1. The first kappa shape index (κ1) is 18.2. The van der Waals surface area contributed by atoms with E-state index >= 15 is 0 Å². The van der Waals surface area contributed by atoms with Crippen molar-refractivity contribution in [3.05, 3.63) is 29.6 Å². The number of esters is 1. The first-order valence-electron chi connectivity index (χ1n) is 9.18. The van der Waals surface area contributed by atoms with Crippen molar-refractivity contribution >= 4 is 23.0 Å². The van der Waals surface area contributed by atoms with Gasteiger partial charge in [-0.2, -0.15) is 0 Å². The Morgan fingerprint density at radius 2 is 2.35 bits per heavy atom. The third kappa shape index (κ3) is 4.15. The highest BCUT2D eigenvalue weighted by atomic mass is 16.5. The van der Waals surface area contributed by atoms with Crippen LogP contribution in [0.3, 0.4) is 0 Å². The predicted octanol–water partition coefficient (Wildman–Crippen LogP) is 2.22. The molecule has 1 fully saturated rings. The number of carbonyl (C=O) groups excluding carboxylic acids is 1. The van der Waals surface area contributed by atoms with Crippen molar-refractivity contribution in [2.24, 2.45) is 10.9 Å². The minimum Gasteiger partial charge on any atom is -0.466 e. The number of rotatable bonds is 4. The van der Waals surface area contributed by atoms with Gasteiger partial charge in [-0.15, -0.1) is 0 Å². The Hall–Kier alpha value is -2.57. The second-order valence-corrected chi connectivity index (χ2v) is 6.64. The lowest BCUT2D eigenvalue weighted by Crippen LogP contribution is -2.48. The van der Waals surface area contributed by atoms with Crippen LogP contribution in [-0.4, -0.2) is 53.5 Å². The smallest absolute Gasteiger partial charge is 0.310 e. The van der Waals surface area contributed by atoms with Gasteiger partial charge in [0.2, 0.25) is 0 Å². The molecule has 0 unspecified atom stereocenters. The molecule has 0 aliphatic carbocycles. The number of imidazole rings is 1. The number of aromatic nitrogens is 2. The third-order valence-corrected chi connectivity index (χ3v) is 4.65. The molecule has 2 N–H and O–H groups in total. The molecule has 1 aromatic heterocycles. The summed E-state index contributed by atoms with van der Waals surface area (Å²) in [7, 11) is 1.76. The van der Waals surface area contributed by atoms with Gasteiger partial charge in [-0.05, 0) is 44.4 Å². The van der Waals surface area contributed by atoms with Crippen LogP contribution < -0.4 is 5.32 Å². The van der Waals surface area contributed by atoms with E-state index in [1.165, 1.54) is 5.56 Å². The number of H-pyrrole nitrogens is 1. The van der Waals surface area contributed by atoms with Crippen molar-refractivity contribution in [1.82, 2.24) is 20.2 Å². The van der Waals surface area contributed by atoms with E-state index in [2.05, 4.69) is 44.2 Å². The minimum absolute atomic E-state index is 0.0866. The number of hydrogen-bond acceptors (Lipinski definition) is 4. The summed E-state index contributed by atoms with van der Waals surface area (Å²) in [5, 5.41) is 3.35. The van der Waals surface area contributed by atoms with Gasteiger partial charge in [-0.1, -0.05) is 6.07 Å². The van der Waals surface area contributed by atoms with E-state index in [-0.39, 0.29) is 11.9 Å². The number of aryl methyl sites for hydroxylation is 1. The van der Waals surface area contributed by atoms with E-state index < -0.39 is 0 Å². The van der Waals surface area contributed by atoms with Crippen molar-refractivity contribution in [3.8, 4) is 0 Å². The van der Waals surface area contributed by atoms with Gasteiger partial charge in [-0.25, -0.2) is 4.98 Å². The summed E-state index contributed by atoms with van der Waals surface area (Å²) in [5.41, 5.74) is 3.20. The molecule has 0 saturated carbocycles. The Labute approximate surface area is 153 Å². The molecule has 0 bridgehead atoms. The number of guanidine groups is 1. The SMILES string of the molecule is CCOC(=O)[C@@H]1CCCN(C(=NC)NCc2nc3ccc(C)cc3[nH]2)C1. The quantitative estimate of drug-likeness (QED) is 0.498. The summed E-state index contributed by atoms with van der Waals surface area (Å²) in [6, 6.07) is 6.17. The number of hydrogen-bond donors (Lipinski definition) is 2. The van der Waals surface area contributed by atoms with Crippen molar-refractivity contribution in [2.45, 2.75) is 33.2 Å². The minimum atomic E-state index is -0.111. The van der Waals surface area contributed by atoms with Gasteiger partial charge in [0.05, 0.1) is 30.1 Å². The number of benzene rings is 1. The fourth-order valence-electron chi connectivity index (χ4n) is 3.38. The van der Waals surface area contributed by atoms with E-state index in [0.29, 0.717) is 19.7 Å². The highest BCUT2D eigenvalue weighted by Crippen LogP contribution is 2.18. The zero-order valence-corrected chi connectivity index (χ0v) is 15.7. The van der Waals surface area contributed by atoms with Gasteiger partial charge in [0.25, 0.3) is 0 Å². The van der Waals surface area contributed by atoms with Crippen molar-refractivity contribution in [2.75, 3.05) is 26.7 Å². The molecule has 1 aromatic carbocycles. The second kappa shape index (κ2) is 8.21. The Morgan fingerprint density at radius 1 is 1.50 bits per heavy atom. The molecule has 2 heterocycles. The van der Waals surface area contributed by atoms with Crippen LogP contribution in [0.5, 0.6) is 0 Å². The lowest BCUT2D eigenvalue weighted by molar-refractivity contribution is -0.149. The molecule has 0 radical (unpaired) electrons. The molecule has 3 rings (SSSR count). The Balaban J connectivity index is 1.62. The normalized spacial score (nSPS) is 18.2. The number of likely N-dealkylation sites (tertiary alicyclic amines) is 1. The number of carbonyl (C=O) groups is 1. The maximum absolute atomic E-state index is 12.0. The van der Waals surface area contributed by atoms with Gasteiger partial charge in [0.1, 0.15) is 5.82 Å². The zero-order chi connectivity index (χ0) is 18.5. The molecule has 2 aromatic rings. The number of aromatic amines is 1. The number of nitrogens with one attached hydrogen (secondary N) is 2. The molecule has 7 heteroatoms. The van der Waals surface area contributed by atoms with Crippen LogP contribution in [0.25, 0.3) is 11.0 Å². The highest BCUT2D eigenvalue weighted by molar-refractivity contribution is 5.81. The Bertz CT molecular complexity index is 798. The van der Waals surface area contributed by atoms with Gasteiger partial charge >= 0.3 is 5.97 Å². The van der Waals surface area contributed by atoms with Gasteiger partial charge < -0.3 is 19.9 Å². The van der Waals surface area contributed by atoms with Crippen molar-refractivity contribution in [3.63, 3.8) is 0 Å². The van der Waals surface area contributed by atoms with Crippen LogP contribution in [0.15, 0.2) is 23.2 Å². The zero-order valence-electron chi connectivity index (χ0n) is 15.7. The largest absolute Gasteiger partial charge is 0.466 e. The standard InChI is InChI=1S/C19H27N5O2/c1-4-26-18(25)14-6-5-9-24(12-14)19(20-3)21-11-17-22-15-8-7-13(2)10-16(15)23-17/h7-8,10,14H,4-6,9,11-12H2,1-3H3,(H,20,21)(H,22,23)/t14-/m1/s1. The molecule has 1 aliphatic rings. The van der Waals surface area contributed by atoms with Gasteiger partial charge in [0.15, 0.2) is 5.96 Å². The van der Waals surface area contributed by atoms with Crippen LogP contribution in [0.1, 0.15) is 31.2 Å². The van der Waals surface area contributed by atoms with Crippen molar-refractivity contribution < 1.29 is 9.53 Å². The molecular weight excluding hydrogens is 330 g/mol. The number of ether oxygens (including phenoxy) is 1. The molecule has 1 aliphatic heterocycles. The van der Waals surface area contributed by atoms with E-state index in [1.807, 2.05) is 13.0 Å². The van der Waals surface area contributed by atoms with Gasteiger partial charge in [0, 0.05) is 20.1 Å². The molecule has 7 nitrogen and oxygen atoms in total. The highest BCUT2D eigenvalue weighted by Gasteiger charge is 2.28. The summed E-state index contributed by atoms with van der Waals surface area (Å²) < 4.78 is 5.17. The number of piperidine rings is 1. The Kier molecular flexibility index (Phi) is 5.75. The number of fused-ring (bicyclic) bond motifs is 1. The molecule has 26 heavy (non-hydrogen) atoms. The predicted molar refractivity (Wildman–Crippen MR) is 102 cm³/mol. The summed E-state index contributed by atoms with van der Waals surface area (Å²) in [6.07, 6.45) is 1.82.